The molecule has 0 bridgehead atoms. The fourth-order valence-electron chi connectivity index (χ4n) is 5.34. The van der Waals surface area contributed by atoms with Crippen molar-refractivity contribution in [1.29, 1.82) is 0 Å². The second-order valence-electron chi connectivity index (χ2n) is 12.3. The molecule has 0 aliphatic carbocycles. The molecule has 0 rings (SSSR count). The summed E-state index contributed by atoms with van der Waals surface area (Å²) in [7, 11) is 0. The quantitative estimate of drug-likeness (QED) is 0.0471. The zero-order chi connectivity index (χ0) is 29.7. The Morgan fingerprint density at radius 2 is 0.805 bits per heavy atom. The number of ether oxygens (including phenoxy) is 1. The van der Waals surface area contributed by atoms with E-state index in [1.165, 1.54) is 161 Å². The van der Waals surface area contributed by atoms with Gasteiger partial charge in [0.25, 0.3) is 0 Å². The van der Waals surface area contributed by atoms with Crippen molar-refractivity contribution in [3.63, 3.8) is 0 Å². The van der Waals surface area contributed by atoms with Gasteiger partial charge in [0.15, 0.2) is 0 Å². The molecular formula is C38H72O3. The summed E-state index contributed by atoms with van der Waals surface area (Å²) in [5, 5.41) is 8.78. The van der Waals surface area contributed by atoms with Crippen LogP contribution in [0.4, 0.5) is 0 Å². The maximum absolute atomic E-state index is 11.9. The summed E-state index contributed by atoms with van der Waals surface area (Å²) in [6.07, 6.45) is 46.8. The van der Waals surface area contributed by atoms with E-state index in [9.17, 15) is 4.79 Å². The third-order valence-electron chi connectivity index (χ3n) is 8.12. The van der Waals surface area contributed by atoms with Gasteiger partial charge in [-0.15, -0.1) is 0 Å². The number of rotatable bonds is 34. The lowest BCUT2D eigenvalue weighted by molar-refractivity contribution is -0.143. The van der Waals surface area contributed by atoms with Crippen molar-refractivity contribution in [2.45, 2.75) is 200 Å². The number of hydrogen-bond acceptors (Lipinski definition) is 3. The number of aliphatic hydroxyl groups is 1. The summed E-state index contributed by atoms with van der Waals surface area (Å²) in [5.74, 6) is 0.00186. The lowest BCUT2D eigenvalue weighted by Crippen LogP contribution is -2.05. The highest BCUT2D eigenvalue weighted by Crippen LogP contribution is 2.13. The number of allylic oxidation sites excluding steroid dienone is 4. The maximum Gasteiger partial charge on any atom is 0.305 e. The molecule has 3 nitrogen and oxygen atoms in total. The molecule has 242 valence electrons. The number of carbonyl (C=O) groups excluding carboxylic acids is 1. The first-order valence-corrected chi connectivity index (χ1v) is 18.4. The van der Waals surface area contributed by atoms with Gasteiger partial charge in [-0.25, -0.2) is 0 Å². The minimum absolute atomic E-state index is 0.00186. The molecule has 0 aromatic rings. The van der Waals surface area contributed by atoms with Crippen LogP contribution in [0, 0.1) is 0 Å². The number of unbranched alkanes of at least 4 members (excludes halogenated alkanes) is 25. The molecule has 3 heteroatoms. The Morgan fingerprint density at radius 1 is 0.463 bits per heavy atom. The van der Waals surface area contributed by atoms with Gasteiger partial charge in [-0.05, 0) is 70.6 Å². The summed E-state index contributed by atoms with van der Waals surface area (Å²) in [5.41, 5.74) is 0. The molecule has 0 saturated heterocycles. The van der Waals surface area contributed by atoms with Crippen LogP contribution in [0.5, 0.6) is 0 Å². The predicted octanol–water partition coefficient (Wildman–Crippen LogP) is 12.4. The SMILES string of the molecule is CCCCCCCC/C=C\CCCCCCCC(=O)OCCCCCCC/C=C\CCCCCCCCCCCO. The van der Waals surface area contributed by atoms with Gasteiger partial charge < -0.3 is 9.84 Å². The first-order chi connectivity index (χ1) is 20.3. The van der Waals surface area contributed by atoms with Crippen molar-refractivity contribution in [3.8, 4) is 0 Å². The van der Waals surface area contributed by atoms with Crippen LogP contribution < -0.4 is 0 Å². The second kappa shape index (κ2) is 36.9. The normalized spacial score (nSPS) is 11.8. The van der Waals surface area contributed by atoms with Gasteiger partial charge >= 0.3 is 5.97 Å². The number of hydrogen-bond donors (Lipinski definition) is 1. The van der Waals surface area contributed by atoms with E-state index in [-0.39, 0.29) is 5.97 Å². The molecule has 0 fully saturated rings. The van der Waals surface area contributed by atoms with Gasteiger partial charge in [-0.1, -0.05) is 147 Å². The Bertz CT molecular complexity index is 554. The van der Waals surface area contributed by atoms with Gasteiger partial charge in [0.1, 0.15) is 0 Å². The first kappa shape index (κ1) is 39.9. The van der Waals surface area contributed by atoms with Crippen molar-refractivity contribution in [1.82, 2.24) is 0 Å². The molecule has 0 aliphatic heterocycles. The zero-order valence-corrected chi connectivity index (χ0v) is 27.7. The van der Waals surface area contributed by atoms with E-state index in [0.29, 0.717) is 19.6 Å². The van der Waals surface area contributed by atoms with E-state index >= 15 is 0 Å². The van der Waals surface area contributed by atoms with Gasteiger partial charge in [0.2, 0.25) is 0 Å². The summed E-state index contributed by atoms with van der Waals surface area (Å²) in [6, 6.07) is 0. The molecule has 0 unspecified atom stereocenters. The smallest absolute Gasteiger partial charge is 0.305 e. The Hall–Kier alpha value is -1.09. The van der Waals surface area contributed by atoms with E-state index in [0.717, 1.165) is 25.7 Å². The van der Waals surface area contributed by atoms with E-state index in [1.54, 1.807) is 0 Å². The molecule has 0 amide bonds. The molecular weight excluding hydrogens is 504 g/mol. The highest BCUT2D eigenvalue weighted by Gasteiger charge is 2.02. The van der Waals surface area contributed by atoms with Crippen molar-refractivity contribution in [3.05, 3.63) is 24.3 Å². The molecule has 0 radical (unpaired) electrons. The largest absolute Gasteiger partial charge is 0.466 e. The van der Waals surface area contributed by atoms with Crippen molar-refractivity contribution < 1.29 is 14.6 Å². The lowest BCUT2D eigenvalue weighted by atomic mass is 10.1. The van der Waals surface area contributed by atoms with E-state index in [4.69, 9.17) is 9.84 Å². The third kappa shape index (κ3) is 36.9. The molecule has 0 saturated carbocycles. The van der Waals surface area contributed by atoms with Crippen molar-refractivity contribution >= 4 is 5.97 Å². The Balaban J connectivity index is 3.23. The van der Waals surface area contributed by atoms with Gasteiger partial charge in [0.05, 0.1) is 6.61 Å². The van der Waals surface area contributed by atoms with E-state index in [2.05, 4.69) is 31.2 Å². The van der Waals surface area contributed by atoms with Gasteiger partial charge in [-0.2, -0.15) is 0 Å². The summed E-state index contributed by atoms with van der Waals surface area (Å²) >= 11 is 0. The summed E-state index contributed by atoms with van der Waals surface area (Å²) in [4.78, 5) is 11.9. The Kier molecular flexibility index (Phi) is 36.0. The van der Waals surface area contributed by atoms with E-state index < -0.39 is 0 Å². The minimum atomic E-state index is 0.00186. The average Bonchev–Trinajstić information content (AvgIpc) is 2.98. The molecule has 0 heterocycles. The third-order valence-corrected chi connectivity index (χ3v) is 8.12. The molecule has 1 N–H and O–H groups in total. The molecule has 0 aromatic carbocycles. The standard InChI is InChI=1S/C38H72O3/c1-2-3-4-5-6-7-8-9-14-17-20-23-26-29-32-35-38(40)41-37-34-31-28-25-22-19-16-13-11-10-12-15-18-21-24-27-30-33-36-39/h9,13-14,16,39H,2-8,10-12,15,17-37H2,1H3/b14-9-,16-13-. The Labute approximate surface area is 257 Å². The average molecular weight is 577 g/mol. The van der Waals surface area contributed by atoms with Crippen molar-refractivity contribution in [2.24, 2.45) is 0 Å². The monoisotopic (exact) mass is 577 g/mol. The number of carbonyl (C=O) groups is 1. The van der Waals surface area contributed by atoms with Crippen LogP contribution in [0.3, 0.4) is 0 Å². The van der Waals surface area contributed by atoms with Crippen LogP contribution in [-0.2, 0) is 9.53 Å². The first-order valence-electron chi connectivity index (χ1n) is 18.4. The summed E-state index contributed by atoms with van der Waals surface area (Å²) in [6.45, 7) is 3.23. The molecule has 0 spiro atoms. The van der Waals surface area contributed by atoms with Crippen molar-refractivity contribution in [2.75, 3.05) is 13.2 Å². The van der Waals surface area contributed by atoms with Gasteiger partial charge in [0, 0.05) is 13.0 Å². The van der Waals surface area contributed by atoms with E-state index in [1.807, 2.05) is 0 Å². The number of aliphatic hydroxyl groups excluding tert-OH is 1. The van der Waals surface area contributed by atoms with Crippen LogP contribution in [0.25, 0.3) is 0 Å². The number of esters is 1. The lowest BCUT2D eigenvalue weighted by Gasteiger charge is -2.05. The van der Waals surface area contributed by atoms with Crippen LogP contribution in [-0.4, -0.2) is 24.3 Å². The van der Waals surface area contributed by atoms with Gasteiger partial charge in [-0.3, -0.25) is 4.79 Å². The maximum atomic E-state index is 11.9. The minimum Gasteiger partial charge on any atom is -0.466 e. The fraction of sp³-hybridized carbons (Fsp3) is 0.868. The highest BCUT2D eigenvalue weighted by molar-refractivity contribution is 5.69. The fourth-order valence-corrected chi connectivity index (χ4v) is 5.34. The van der Waals surface area contributed by atoms with Crippen LogP contribution >= 0.6 is 0 Å². The molecule has 41 heavy (non-hydrogen) atoms. The van der Waals surface area contributed by atoms with Crippen LogP contribution in [0.1, 0.15) is 200 Å². The second-order valence-corrected chi connectivity index (χ2v) is 12.3. The topological polar surface area (TPSA) is 46.5 Å². The molecule has 0 atom stereocenters. The summed E-state index contributed by atoms with van der Waals surface area (Å²) < 4.78 is 5.43. The molecule has 0 aliphatic rings. The van der Waals surface area contributed by atoms with Crippen LogP contribution in [0.15, 0.2) is 24.3 Å². The Morgan fingerprint density at radius 3 is 1.22 bits per heavy atom. The predicted molar refractivity (Wildman–Crippen MR) is 181 cm³/mol. The highest BCUT2D eigenvalue weighted by atomic mass is 16.5. The molecule has 0 aromatic heterocycles. The van der Waals surface area contributed by atoms with Crippen LogP contribution in [0.2, 0.25) is 0 Å². The zero-order valence-electron chi connectivity index (χ0n) is 27.7.